The second-order valence-corrected chi connectivity index (χ2v) is 14.1. The molecule has 4 aromatic rings. The van der Waals surface area contributed by atoms with E-state index in [9.17, 15) is 15.0 Å². The Kier molecular flexibility index (Phi) is 8.91. The zero-order valence-electron chi connectivity index (χ0n) is 23.0. The summed E-state index contributed by atoms with van der Waals surface area (Å²) in [5.74, 6) is 0.151. The number of carbonyl (C=O) groups is 1. The van der Waals surface area contributed by atoms with Crippen LogP contribution < -0.4 is 0 Å². The molecular formula is C33H36ClNO3S2. The number of benzene rings is 2. The summed E-state index contributed by atoms with van der Waals surface area (Å²) in [6, 6.07) is 21.2. The van der Waals surface area contributed by atoms with Crippen molar-refractivity contribution in [3.05, 3.63) is 99.0 Å². The van der Waals surface area contributed by atoms with Crippen molar-refractivity contribution in [2.45, 2.75) is 69.6 Å². The molecule has 1 atom stereocenters. The fraction of sp³-hybridized carbons (Fsp3) is 0.394. The molecule has 1 saturated carbocycles. The predicted octanol–water partition coefficient (Wildman–Crippen LogP) is 8.62. The molecule has 40 heavy (non-hydrogen) atoms. The lowest BCUT2D eigenvalue weighted by atomic mass is 9.90. The number of aliphatic hydroxyl groups is 1. The minimum atomic E-state index is -0.900. The van der Waals surface area contributed by atoms with Crippen LogP contribution in [0.1, 0.15) is 72.7 Å². The van der Waals surface area contributed by atoms with Crippen molar-refractivity contribution in [3.63, 3.8) is 0 Å². The van der Waals surface area contributed by atoms with E-state index in [1.807, 2.05) is 49.2 Å². The first kappa shape index (κ1) is 29.1. The van der Waals surface area contributed by atoms with E-state index < -0.39 is 11.6 Å². The highest BCUT2D eigenvalue weighted by atomic mass is 35.5. The van der Waals surface area contributed by atoms with Crippen LogP contribution in [-0.2, 0) is 29.7 Å². The zero-order valence-corrected chi connectivity index (χ0v) is 25.4. The first-order chi connectivity index (χ1) is 19.1. The maximum atomic E-state index is 11.5. The van der Waals surface area contributed by atoms with E-state index in [-0.39, 0.29) is 17.1 Å². The van der Waals surface area contributed by atoms with Gasteiger partial charge in [0, 0.05) is 22.1 Å². The largest absolute Gasteiger partial charge is 0.481 e. The van der Waals surface area contributed by atoms with Crippen LogP contribution in [-0.4, -0.2) is 26.9 Å². The zero-order chi connectivity index (χ0) is 28.3. The number of pyridine rings is 1. The molecule has 2 aromatic carbocycles. The van der Waals surface area contributed by atoms with Gasteiger partial charge in [0.05, 0.1) is 27.3 Å². The van der Waals surface area contributed by atoms with E-state index in [4.69, 9.17) is 16.6 Å². The van der Waals surface area contributed by atoms with Gasteiger partial charge in [0.15, 0.2) is 0 Å². The Morgan fingerprint density at radius 1 is 1.10 bits per heavy atom. The molecule has 5 rings (SSSR count). The quantitative estimate of drug-likeness (QED) is 0.162. The molecule has 0 saturated heterocycles. The van der Waals surface area contributed by atoms with Crippen molar-refractivity contribution in [1.82, 2.24) is 4.98 Å². The summed E-state index contributed by atoms with van der Waals surface area (Å²) < 4.78 is 1.11. The smallest absolute Gasteiger partial charge is 0.303 e. The van der Waals surface area contributed by atoms with Crippen LogP contribution in [0.15, 0.2) is 66.0 Å². The number of carboxylic acids is 1. The summed E-state index contributed by atoms with van der Waals surface area (Å²) >= 11 is 9.83. The number of halogens is 1. The number of thiophene rings is 1. The molecule has 0 aliphatic heterocycles. The molecule has 2 N–H and O–H groups in total. The van der Waals surface area contributed by atoms with E-state index in [0.29, 0.717) is 5.02 Å². The van der Waals surface area contributed by atoms with Gasteiger partial charge in [-0.3, -0.25) is 9.78 Å². The lowest BCUT2D eigenvalue weighted by Crippen LogP contribution is -2.18. The Labute approximate surface area is 249 Å². The number of hydrogen-bond donors (Lipinski definition) is 2. The minimum absolute atomic E-state index is 0.0649. The molecule has 210 valence electrons. The van der Waals surface area contributed by atoms with Gasteiger partial charge >= 0.3 is 5.97 Å². The summed E-state index contributed by atoms with van der Waals surface area (Å²) in [6.45, 7) is 3.67. The van der Waals surface area contributed by atoms with Crippen molar-refractivity contribution in [2.75, 3.05) is 5.75 Å². The van der Waals surface area contributed by atoms with Gasteiger partial charge in [-0.2, -0.15) is 11.8 Å². The average molecular weight is 594 g/mol. The summed E-state index contributed by atoms with van der Waals surface area (Å²) in [5.41, 5.74) is 5.63. The highest BCUT2D eigenvalue weighted by Crippen LogP contribution is 2.53. The average Bonchev–Trinajstić information content (AvgIpc) is 3.58. The third-order valence-electron chi connectivity index (χ3n) is 7.85. The van der Waals surface area contributed by atoms with Gasteiger partial charge in [0.25, 0.3) is 0 Å². The first-order valence-corrected chi connectivity index (χ1v) is 16.2. The summed E-state index contributed by atoms with van der Waals surface area (Å²) in [6.07, 6.45) is 5.72. The summed E-state index contributed by atoms with van der Waals surface area (Å²) in [7, 11) is 0. The van der Waals surface area contributed by atoms with E-state index >= 15 is 0 Å². The van der Waals surface area contributed by atoms with Crippen molar-refractivity contribution in [1.29, 1.82) is 0 Å². The second kappa shape index (κ2) is 12.2. The summed E-state index contributed by atoms with van der Waals surface area (Å²) in [5, 5.41) is 23.1. The number of aliphatic carboxylic acids is 1. The Bertz CT molecular complexity index is 1490. The standard InChI is InChI=1S/C33H36ClNO3S2/c1-32(2,38)26-9-4-3-7-23(26)11-14-28(40-21-33(16-17-33)19-30(36)37)24-8-5-6-22(18-24)10-12-25-13-15-29-31(35-25)27(34)20-39-29/h3-9,13,15,18,20,28,38H,10-12,14,16-17,19,21H2,1-2H3,(H,36,37)/t28-/m1/s1. The first-order valence-electron chi connectivity index (χ1n) is 13.9. The number of carboxylic acid groups (broad SMARTS) is 1. The molecule has 0 radical (unpaired) electrons. The molecule has 2 heterocycles. The maximum absolute atomic E-state index is 11.5. The lowest BCUT2D eigenvalue weighted by Gasteiger charge is -2.24. The van der Waals surface area contributed by atoms with Gasteiger partial charge in [-0.25, -0.2) is 0 Å². The molecule has 1 aliphatic carbocycles. The van der Waals surface area contributed by atoms with Crippen molar-refractivity contribution in [2.24, 2.45) is 5.41 Å². The Morgan fingerprint density at radius 2 is 1.90 bits per heavy atom. The molecule has 0 unspecified atom stereocenters. The number of fused-ring (bicyclic) bond motifs is 1. The third-order valence-corrected chi connectivity index (χ3v) is 10.9. The summed E-state index contributed by atoms with van der Waals surface area (Å²) in [4.78, 5) is 16.3. The SMILES string of the molecule is CC(C)(O)c1ccccc1CC[C@@H](SCC1(CC(=O)O)CC1)c1cccc(CCc2ccc3scc(Cl)c3n2)c1. The molecule has 1 fully saturated rings. The predicted molar refractivity (Wildman–Crippen MR) is 168 cm³/mol. The maximum Gasteiger partial charge on any atom is 0.303 e. The molecule has 0 spiro atoms. The van der Waals surface area contributed by atoms with Gasteiger partial charge in [-0.1, -0.05) is 60.1 Å². The van der Waals surface area contributed by atoms with Crippen molar-refractivity contribution in [3.8, 4) is 0 Å². The molecule has 7 heteroatoms. The van der Waals surface area contributed by atoms with Gasteiger partial charge in [-0.05, 0) is 92.2 Å². The molecule has 0 amide bonds. The molecular weight excluding hydrogens is 558 g/mol. The van der Waals surface area contributed by atoms with Gasteiger partial charge in [0.1, 0.15) is 0 Å². The van der Waals surface area contributed by atoms with E-state index in [0.717, 1.165) is 71.3 Å². The van der Waals surface area contributed by atoms with Crippen LogP contribution >= 0.6 is 34.7 Å². The molecule has 4 nitrogen and oxygen atoms in total. The van der Waals surface area contributed by atoms with E-state index in [2.05, 4.69) is 42.5 Å². The second-order valence-electron chi connectivity index (χ2n) is 11.6. The van der Waals surface area contributed by atoms with Crippen LogP contribution in [0.25, 0.3) is 10.2 Å². The fourth-order valence-corrected chi connectivity index (χ4v) is 8.06. The molecule has 0 bridgehead atoms. The number of rotatable bonds is 13. The third kappa shape index (κ3) is 7.27. The number of aromatic nitrogens is 1. The highest BCUT2D eigenvalue weighted by molar-refractivity contribution is 7.99. The van der Waals surface area contributed by atoms with Crippen LogP contribution in [0.5, 0.6) is 0 Å². The Hall–Kier alpha value is -2.38. The number of nitrogens with zero attached hydrogens (tertiary/aromatic N) is 1. The Morgan fingerprint density at radius 3 is 2.65 bits per heavy atom. The molecule has 2 aromatic heterocycles. The normalized spacial score (nSPS) is 15.3. The van der Waals surface area contributed by atoms with Crippen LogP contribution in [0.3, 0.4) is 0 Å². The van der Waals surface area contributed by atoms with Crippen LogP contribution in [0.2, 0.25) is 5.02 Å². The van der Waals surface area contributed by atoms with Crippen LogP contribution in [0, 0.1) is 5.41 Å². The molecule has 1 aliphatic rings. The van der Waals surface area contributed by atoms with E-state index in [1.54, 1.807) is 11.3 Å². The van der Waals surface area contributed by atoms with Crippen LogP contribution in [0.4, 0.5) is 0 Å². The topological polar surface area (TPSA) is 70.4 Å². The number of aryl methyl sites for hydroxylation is 3. The lowest BCUT2D eigenvalue weighted by molar-refractivity contribution is -0.138. The number of thioether (sulfide) groups is 1. The van der Waals surface area contributed by atoms with E-state index in [1.165, 1.54) is 11.1 Å². The van der Waals surface area contributed by atoms with Gasteiger partial charge in [0.2, 0.25) is 0 Å². The van der Waals surface area contributed by atoms with Crippen molar-refractivity contribution < 1.29 is 15.0 Å². The fourth-order valence-electron chi connectivity index (χ4n) is 5.40. The van der Waals surface area contributed by atoms with Gasteiger partial charge < -0.3 is 10.2 Å². The van der Waals surface area contributed by atoms with Gasteiger partial charge in [-0.15, -0.1) is 11.3 Å². The number of hydrogen-bond acceptors (Lipinski definition) is 5. The Balaban J connectivity index is 1.33. The minimum Gasteiger partial charge on any atom is -0.481 e. The van der Waals surface area contributed by atoms with Crippen molar-refractivity contribution >= 4 is 50.9 Å². The highest BCUT2D eigenvalue weighted by Gasteiger charge is 2.44. The monoisotopic (exact) mass is 593 g/mol.